The van der Waals surface area contributed by atoms with Gasteiger partial charge in [-0.05, 0) is 42.3 Å². The Labute approximate surface area is 114 Å². The van der Waals surface area contributed by atoms with E-state index in [2.05, 4.69) is 60.3 Å². The third-order valence-corrected chi connectivity index (χ3v) is 3.89. The van der Waals surface area contributed by atoms with Gasteiger partial charge < -0.3 is 5.32 Å². The number of unbranched alkanes of at least 4 members (excludes halogenated alkanes) is 1. The normalized spacial score (nSPS) is 12.3. The Kier molecular flexibility index (Phi) is 4.82. The molecule has 0 aliphatic rings. The van der Waals surface area contributed by atoms with Crippen LogP contribution in [0, 0.1) is 0 Å². The highest BCUT2D eigenvalue weighted by molar-refractivity contribution is 7.08. The van der Waals surface area contributed by atoms with Crippen LogP contribution in [-0.4, -0.2) is 0 Å². The molecule has 0 fully saturated rings. The van der Waals surface area contributed by atoms with Gasteiger partial charge in [-0.2, -0.15) is 11.3 Å². The van der Waals surface area contributed by atoms with E-state index in [4.69, 9.17) is 0 Å². The van der Waals surface area contributed by atoms with Crippen molar-refractivity contribution in [2.75, 3.05) is 5.32 Å². The topological polar surface area (TPSA) is 12.0 Å². The Hall–Kier alpha value is -1.28. The number of nitrogens with one attached hydrogen (secondary N) is 1. The lowest BCUT2D eigenvalue weighted by Gasteiger charge is -2.15. The van der Waals surface area contributed by atoms with Gasteiger partial charge in [0, 0.05) is 17.1 Å². The molecule has 1 aromatic heterocycles. The van der Waals surface area contributed by atoms with E-state index in [0.29, 0.717) is 6.04 Å². The van der Waals surface area contributed by atoms with Gasteiger partial charge in [0.05, 0.1) is 0 Å². The van der Waals surface area contributed by atoms with Gasteiger partial charge in [-0.1, -0.05) is 37.6 Å². The maximum Gasteiger partial charge on any atom is 0.0485 e. The van der Waals surface area contributed by atoms with Gasteiger partial charge in [-0.15, -0.1) is 0 Å². The van der Waals surface area contributed by atoms with Gasteiger partial charge in [0.2, 0.25) is 0 Å². The summed E-state index contributed by atoms with van der Waals surface area (Å²) in [5.41, 5.74) is 4.01. The molecular formula is C16H21NS. The Morgan fingerprint density at radius 2 is 1.94 bits per heavy atom. The van der Waals surface area contributed by atoms with E-state index >= 15 is 0 Å². The zero-order valence-electron chi connectivity index (χ0n) is 11.1. The van der Waals surface area contributed by atoms with Crippen LogP contribution >= 0.6 is 11.3 Å². The zero-order valence-corrected chi connectivity index (χ0v) is 12.0. The molecule has 0 spiro atoms. The van der Waals surface area contributed by atoms with E-state index < -0.39 is 0 Å². The first kappa shape index (κ1) is 13.2. The number of thiophene rings is 1. The molecule has 2 rings (SSSR count). The van der Waals surface area contributed by atoms with Crippen molar-refractivity contribution in [3.8, 4) is 0 Å². The molecule has 2 aromatic rings. The summed E-state index contributed by atoms with van der Waals surface area (Å²) in [5, 5.41) is 7.76. The number of anilines is 1. The molecule has 0 bridgehead atoms. The highest BCUT2D eigenvalue weighted by Crippen LogP contribution is 2.21. The average molecular weight is 259 g/mol. The van der Waals surface area contributed by atoms with Gasteiger partial charge in [0.25, 0.3) is 0 Å². The second-order valence-electron chi connectivity index (χ2n) is 4.72. The minimum absolute atomic E-state index is 0.361. The largest absolute Gasteiger partial charge is 0.378 e. The molecule has 1 unspecified atom stereocenters. The smallest absolute Gasteiger partial charge is 0.0485 e. The number of rotatable bonds is 6. The minimum Gasteiger partial charge on any atom is -0.378 e. The Morgan fingerprint density at radius 1 is 1.17 bits per heavy atom. The van der Waals surface area contributed by atoms with Crippen LogP contribution < -0.4 is 5.32 Å². The summed E-state index contributed by atoms with van der Waals surface area (Å²) in [7, 11) is 0. The van der Waals surface area contributed by atoms with Crippen molar-refractivity contribution in [2.45, 2.75) is 39.2 Å². The molecule has 18 heavy (non-hydrogen) atoms. The number of hydrogen-bond acceptors (Lipinski definition) is 2. The molecule has 1 aromatic carbocycles. The molecule has 1 N–H and O–H groups in total. The van der Waals surface area contributed by atoms with E-state index in [9.17, 15) is 0 Å². The third-order valence-electron chi connectivity index (χ3n) is 3.20. The maximum atomic E-state index is 3.51. The van der Waals surface area contributed by atoms with Gasteiger partial charge in [-0.3, -0.25) is 0 Å². The molecule has 1 atom stereocenters. The summed E-state index contributed by atoms with van der Waals surface area (Å²) in [4.78, 5) is 0. The van der Waals surface area contributed by atoms with Crippen molar-refractivity contribution in [2.24, 2.45) is 0 Å². The van der Waals surface area contributed by atoms with E-state index in [1.54, 1.807) is 11.3 Å². The van der Waals surface area contributed by atoms with Crippen LogP contribution in [0.2, 0.25) is 0 Å². The molecule has 0 saturated carbocycles. The first-order chi connectivity index (χ1) is 8.79. The fraction of sp³-hybridized carbons (Fsp3) is 0.375. The molecular weight excluding hydrogens is 238 g/mol. The van der Waals surface area contributed by atoms with Gasteiger partial charge in [0.15, 0.2) is 0 Å². The quantitative estimate of drug-likeness (QED) is 0.745. The maximum absolute atomic E-state index is 3.51. The molecule has 0 aliphatic carbocycles. The van der Waals surface area contributed by atoms with Crippen LogP contribution in [0.15, 0.2) is 41.1 Å². The van der Waals surface area contributed by atoms with Crippen molar-refractivity contribution < 1.29 is 0 Å². The number of benzene rings is 1. The van der Waals surface area contributed by atoms with Crippen molar-refractivity contribution in [1.29, 1.82) is 0 Å². The number of hydrogen-bond donors (Lipinski definition) is 1. The first-order valence-corrected chi connectivity index (χ1v) is 7.61. The Bertz CT molecular complexity index is 444. The fourth-order valence-corrected chi connectivity index (χ4v) is 2.63. The summed E-state index contributed by atoms with van der Waals surface area (Å²) in [5.74, 6) is 0. The first-order valence-electron chi connectivity index (χ1n) is 6.67. The van der Waals surface area contributed by atoms with Crippen LogP contribution in [0.25, 0.3) is 0 Å². The van der Waals surface area contributed by atoms with Crippen LogP contribution in [0.5, 0.6) is 0 Å². The third kappa shape index (κ3) is 3.61. The monoisotopic (exact) mass is 259 g/mol. The predicted molar refractivity (Wildman–Crippen MR) is 81.4 cm³/mol. The summed E-state index contributed by atoms with van der Waals surface area (Å²) < 4.78 is 0. The molecule has 1 nitrogen and oxygen atoms in total. The van der Waals surface area contributed by atoms with E-state index in [1.807, 2.05) is 0 Å². The van der Waals surface area contributed by atoms with Crippen LogP contribution in [0.3, 0.4) is 0 Å². The van der Waals surface area contributed by atoms with Crippen LogP contribution in [0.1, 0.15) is 43.9 Å². The second-order valence-corrected chi connectivity index (χ2v) is 5.50. The molecule has 0 aliphatic heterocycles. The lowest BCUT2D eigenvalue weighted by atomic mass is 10.0. The lowest BCUT2D eigenvalue weighted by Crippen LogP contribution is -2.05. The fourth-order valence-electron chi connectivity index (χ4n) is 2.03. The minimum atomic E-state index is 0.361. The Morgan fingerprint density at radius 3 is 2.56 bits per heavy atom. The van der Waals surface area contributed by atoms with Crippen LogP contribution in [0.4, 0.5) is 5.69 Å². The zero-order chi connectivity index (χ0) is 12.8. The molecule has 1 heterocycles. The van der Waals surface area contributed by atoms with Crippen molar-refractivity contribution in [3.63, 3.8) is 0 Å². The molecule has 0 saturated heterocycles. The number of aryl methyl sites for hydroxylation is 1. The molecule has 2 heteroatoms. The molecule has 0 radical (unpaired) electrons. The summed E-state index contributed by atoms with van der Waals surface area (Å²) in [6.07, 6.45) is 3.74. The standard InChI is InChI=1S/C16H21NS/c1-3-4-5-14-6-8-15(9-7-14)13(2)17-16-10-11-18-12-16/h6-13,17H,3-5H2,1-2H3. The van der Waals surface area contributed by atoms with Crippen molar-refractivity contribution >= 4 is 17.0 Å². The molecule has 0 amide bonds. The van der Waals surface area contributed by atoms with Crippen molar-refractivity contribution in [3.05, 3.63) is 52.2 Å². The Balaban J connectivity index is 1.96. The lowest BCUT2D eigenvalue weighted by molar-refractivity contribution is 0.793. The average Bonchev–Trinajstić information content (AvgIpc) is 2.89. The summed E-state index contributed by atoms with van der Waals surface area (Å²) in [6.45, 7) is 4.44. The second kappa shape index (κ2) is 6.60. The van der Waals surface area contributed by atoms with E-state index in [-0.39, 0.29) is 0 Å². The van der Waals surface area contributed by atoms with Gasteiger partial charge in [-0.25, -0.2) is 0 Å². The van der Waals surface area contributed by atoms with Gasteiger partial charge in [0.1, 0.15) is 0 Å². The summed E-state index contributed by atoms with van der Waals surface area (Å²) in [6, 6.07) is 11.5. The van der Waals surface area contributed by atoms with Gasteiger partial charge >= 0.3 is 0 Å². The molecule has 96 valence electrons. The highest BCUT2D eigenvalue weighted by atomic mass is 32.1. The highest BCUT2D eigenvalue weighted by Gasteiger charge is 2.05. The van der Waals surface area contributed by atoms with Crippen LogP contribution in [-0.2, 0) is 6.42 Å². The SMILES string of the molecule is CCCCc1ccc(C(C)Nc2ccsc2)cc1. The van der Waals surface area contributed by atoms with E-state index in [0.717, 1.165) is 0 Å². The predicted octanol–water partition coefficient (Wildman–Crippen LogP) is 5.26. The summed E-state index contributed by atoms with van der Waals surface area (Å²) >= 11 is 1.73. The van der Waals surface area contributed by atoms with Crippen molar-refractivity contribution in [1.82, 2.24) is 0 Å². The van der Waals surface area contributed by atoms with E-state index in [1.165, 1.54) is 36.1 Å².